The number of methoxy groups -OCH3 is 3. The van der Waals surface area contributed by atoms with E-state index in [1.54, 1.807) is 11.4 Å². The number of carbonyl (C=O) groups excluding carboxylic acids is 2. The number of aliphatic hydroxyl groups is 1. The molecule has 1 heterocycles. The summed E-state index contributed by atoms with van der Waals surface area (Å²) >= 11 is 1.14. The van der Waals surface area contributed by atoms with Gasteiger partial charge in [0.1, 0.15) is 11.4 Å². The zero-order valence-corrected chi connectivity index (χ0v) is 19.7. The summed E-state index contributed by atoms with van der Waals surface area (Å²) < 4.78 is 15.8. The molecule has 0 atom stereocenters. The molecule has 0 saturated heterocycles. The fourth-order valence-corrected chi connectivity index (χ4v) is 3.65. The fourth-order valence-electron chi connectivity index (χ4n) is 2.97. The number of nitrogens with zero attached hydrogens (tertiary/aromatic N) is 2. The maximum absolute atomic E-state index is 12.8. The lowest BCUT2D eigenvalue weighted by atomic mass is 10.1. The van der Waals surface area contributed by atoms with Crippen LogP contribution in [0.1, 0.15) is 34.7 Å². The van der Waals surface area contributed by atoms with Crippen molar-refractivity contribution in [1.82, 2.24) is 15.2 Å². The number of benzene rings is 1. The summed E-state index contributed by atoms with van der Waals surface area (Å²) in [7, 11) is 4.42. The van der Waals surface area contributed by atoms with E-state index in [2.05, 4.69) is 20.5 Å². The molecule has 10 nitrogen and oxygen atoms in total. The number of aliphatic hydroxyl groups excluding tert-OH is 1. The van der Waals surface area contributed by atoms with Gasteiger partial charge in [0, 0.05) is 43.2 Å². The van der Waals surface area contributed by atoms with E-state index in [1.807, 2.05) is 13.8 Å². The van der Waals surface area contributed by atoms with Crippen LogP contribution >= 0.6 is 11.3 Å². The normalized spacial score (nSPS) is 10.9. The number of aromatic nitrogens is 1. The van der Waals surface area contributed by atoms with Crippen LogP contribution in [-0.4, -0.2) is 80.4 Å². The van der Waals surface area contributed by atoms with Crippen molar-refractivity contribution in [3.63, 3.8) is 0 Å². The van der Waals surface area contributed by atoms with Crippen LogP contribution < -0.4 is 24.8 Å². The number of hydrogen-bond donors (Lipinski definition) is 3. The topological polar surface area (TPSA) is 122 Å². The van der Waals surface area contributed by atoms with E-state index in [1.165, 1.54) is 27.4 Å². The summed E-state index contributed by atoms with van der Waals surface area (Å²) in [4.78, 5) is 31.4. The summed E-state index contributed by atoms with van der Waals surface area (Å²) in [5, 5.41) is 16.5. The number of rotatable bonds is 12. The third kappa shape index (κ3) is 6.55. The maximum Gasteiger partial charge on any atom is 0.270 e. The van der Waals surface area contributed by atoms with E-state index in [0.29, 0.717) is 36.9 Å². The van der Waals surface area contributed by atoms with Gasteiger partial charge in [0.25, 0.3) is 11.8 Å². The number of anilines is 1. The summed E-state index contributed by atoms with van der Waals surface area (Å²) in [5.41, 5.74) is 0.451. The number of nitrogens with one attached hydrogen (secondary N) is 2. The van der Waals surface area contributed by atoms with E-state index in [9.17, 15) is 9.59 Å². The first-order valence-electron chi connectivity index (χ1n) is 10.0. The number of ether oxygens (including phenoxy) is 3. The SMILES string of the molecule is COc1cc(OC)c(C(=O)Nc2nc(C(=O)NCCN(CCO)C(C)C)cs2)cc1OC. The van der Waals surface area contributed by atoms with Crippen LogP contribution in [0.25, 0.3) is 0 Å². The Kier molecular flexibility index (Phi) is 9.69. The first kappa shape index (κ1) is 25.4. The average Bonchev–Trinajstić information content (AvgIpc) is 3.25. The van der Waals surface area contributed by atoms with Gasteiger partial charge < -0.3 is 24.6 Å². The van der Waals surface area contributed by atoms with Crippen LogP contribution in [0.3, 0.4) is 0 Å². The van der Waals surface area contributed by atoms with Crippen molar-refractivity contribution in [2.75, 3.05) is 52.9 Å². The Hall–Kier alpha value is -2.89. The molecule has 2 rings (SSSR count). The van der Waals surface area contributed by atoms with E-state index in [0.717, 1.165) is 11.3 Å². The lowest BCUT2D eigenvalue weighted by Gasteiger charge is -2.25. The third-order valence-electron chi connectivity index (χ3n) is 4.71. The molecule has 0 aliphatic carbocycles. The number of amides is 2. The lowest BCUT2D eigenvalue weighted by Crippen LogP contribution is -2.40. The van der Waals surface area contributed by atoms with Gasteiger partial charge in [-0.15, -0.1) is 11.3 Å². The molecule has 0 saturated carbocycles. The largest absolute Gasteiger partial charge is 0.496 e. The molecule has 1 aromatic heterocycles. The van der Waals surface area contributed by atoms with Gasteiger partial charge in [-0.1, -0.05) is 0 Å². The standard InChI is InChI=1S/C21H30N4O6S/c1-13(2)25(8-9-26)7-6-22-20(28)15-12-32-21(23-15)24-19(27)14-10-17(30-4)18(31-5)11-16(14)29-3/h10-13,26H,6-9H2,1-5H3,(H,22,28)(H,23,24,27). The van der Waals surface area contributed by atoms with Crippen LogP contribution in [0.2, 0.25) is 0 Å². The van der Waals surface area contributed by atoms with Gasteiger partial charge in [-0.25, -0.2) is 4.98 Å². The van der Waals surface area contributed by atoms with Gasteiger partial charge in [0.05, 0.1) is 33.5 Å². The molecular weight excluding hydrogens is 436 g/mol. The first-order valence-corrected chi connectivity index (χ1v) is 10.9. The van der Waals surface area contributed by atoms with Crippen LogP contribution in [0.4, 0.5) is 5.13 Å². The highest BCUT2D eigenvalue weighted by Crippen LogP contribution is 2.35. The van der Waals surface area contributed by atoms with Crippen LogP contribution in [0.15, 0.2) is 17.5 Å². The Morgan fingerprint density at radius 3 is 2.31 bits per heavy atom. The molecule has 3 N–H and O–H groups in total. The summed E-state index contributed by atoms with van der Waals surface area (Å²) in [5.74, 6) is 0.338. The molecule has 0 fully saturated rings. The zero-order valence-electron chi connectivity index (χ0n) is 18.9. The number of hydrogen-bond acceptors (Lipinski definition) is 9. The predicted molar refractivity (Wildman–Crippen MR) is 122 cm³/mol. The van der Waals surface area contributed by atoms with E-state index >= 15 is 0 Å². The van der Waals surface area contributed by atoms with Gasteiger partial charge in [-0.2, -0.15) is 0 Å². The minimum Gasteiger partial charge on any atom is -0.496 e. The second-order valence-corrected chi connectivity index (χ2v) is 7.87. The zero-order chi connectivity index (χ0) is 23.7. The highest BCUT2D eigenvalue weighted by atomic mass is 32.1. The molecule has 0 bridgehead atoms. The Bertz CT molecular complexity index is 918. The highest BCUT2D eigenvalue weighted by Gasteiger charge is 2.20. The minimum atomic E-state index is -0.458. The summed E-state index contributed by atoms with van der Waals surface area (Å²) in [6, 6.07) is 3.33. The summed E-state index contributed by atoms with van der Waals surface area (Å²) in [6.07, 6.45) is 0. The van der Waals surface area contributed by atoms with Crippen molar-refractivity contribution < 1.29 is 28.9 Å². The molecule has 11 heteroatoms. The quantitative estimate of drug-likeness (QED) is 0.433. The third-order valence-corrected chi connectivity index (χ3v) is 5.47. The van der Waals surface area contributed by atoms with Crippen molar-refractivity contribution >= 4 is 28.3 Å². The van der Waals surface area contributed by atoms with Gasteiger partial charge in [-0.05, 0) is 13.8 Å². The lowest BCUT2D eigenvalue weighted by molar-refractivity contribution is 0.0936. The van der Waals surface area contributed by atoms with Gasteiger partial charge in [0.2, 0.25) is 0 Å². The number of carbonyl (C=O) groups is 2. The van der Waals surface area contributed by atoms with Crippen LogP contribution in [0.5, 0.6) is 17.2 Å². The molecule has 0 unspecified atom stereocenters. The molecular formula is C21H30N4O6S. The van der Waals surface area contributed by atoms with Crippen LogP contribution in [0, 0.1) is 0 Å². The van der Waals surface area contributed by atoms with E-state index < -0.39 is 5.91 Å². The van der Waals surface area contributed by atoms with Crippen molar-refractivity contribution in [2.45, 2.75) is 19.9 Å². The van der Waals surface area contributed by atoms with Crippen molar-refractivity contribution in [3.05, 3.63) is 28.8 Å². The molecule has 32 heavy (non-hydrogen) atoms. The molecule has 0 aliphatic heterocycles. The molecule has 2 aromatic rings. The minimum absolute atomic E-state index is 0.0616. The first-order chi connectivity index (χ1) is 15.3. The monoisotopic (exact) mass is 466 g/mol. The van der Waals surface area contributed by atoms with Gasteiger partial charge in [0.15, 0.2) is 16.6 Å². The second-order valence-electron chi connectivity index (χ2n) is 7.01. The Morgan fingerprint density at radius 2 is 1.72 bits per heavy atom. The van der Waals surface area contributed by atoms with E-state index in [4.69, 9.17) is 19.3 Å². The highest BCUT2D eigenvalue weighted by molar-refractivity contribution is 7.14. The molecule has 176 valence electrons. The molecule has 2 amide bonds. The second kappa shape index (κ2) is 12.2. The predicted octanol–water partition coefficient (Wildman–Crippen LogP) is 1.85. The Balaban J connectivity index is 2.02. The van der Waals surface area contributed by atoms with Crippen molar-refractivity contribution in [1.29, 1.82) is 0 Å². The van der Waals surface area contributed by atoms with Crippen molar-refractivity contribution in [2.24, 2.45) is 0 Å². The van der Waals surface area contributed by atoms with Crippen molar-refractivity contribution in [3.8, 4) is 17.2 Å². The Labute approximate surface area is 191 Å². The van der Waals surface area contributed by atoms with Gasteiger partial charge in [-0.3, -0.25) is 19.8 Å². The maximum atomic E-state index is 12.8. The molecule has 0 spiro atoms. The van der Waals surface area contributed by atoms with E-state index in [-0.39, 0.29) is 34.9 Å². The van der Waals surface area contributed by atoms with Gasteiger partial charge >= 0.3 is 0 Å². The average molecular weight is 467 g/mol. The fraction of sp³-hybridized carbons (Fsp3) is 0.476. The number of thiazole rings is 1. The Morgan fingerprint density at radius 1 is 1.06 bits per heavy atom. The molecule has 1 aromatic carbocycles. The molecule has 0 aliphatic rings. The molecule has 0 radical (unpaired) electrons. The summed E-state index contributed by atoms with van der Waals surface area (Å²) in [6.45, 7) is 5.68. The smallest absolute Gasteiger partial charge is 0.270 e. The van der Waals surface area contributed by atoms with Crippen LogP contribution in [-0.2, 0) is 0 Å².